The number of alkyl halides is 3. The first-order chi connectivity index (χ1) is 15.8. The molecule has 1 aromatic heterocycles. The van der Waals surface area contributed by atoms with Gasteiger partial charge < -0.3 is 10.2 Å². The van der Waals surface area contributed by atoms with E-state index in [4.69, 9.17) is 5.41 Å². The number of amides is 1. The van der Waals surface area contributed by atoms with Gasteiger partial charge in [0.15, 0.2) is 11.8 Å². The quantitative estimate of drug-likeness (QED) is 0.556. The van der Waals surface area contributed by atoms with E-state index in [2.05, 4.69) is 10.3 Å². The minimum Gasteiger partial charge on any atom is -0.348 e. The molecule has 7 nitrogen and oxygen atoms in total. The van der Waals surface area contributed by atoms with Crippen LogP contribution >= 0.6 is 0 Å². The maximum atomic E-state index is 16.0. The van der Waals surface area contributed by atoms with Crippen molar-refractivity contribution in [2.45, 2.75) is 25.1 Å². The second-order valence-electron chi connectivity index (χ2n) is 8.50. The van der Waals surface area contributed by atoms with E-state index < -0.39 is 40.3 Å². The Hall–Kier alpha value is -3.70. The van der Waals surface area contributed by atoms with Crippen molar-refractivity contribution in [3.63, 3.8) is 0 Å². The molecule has 0 aliphatic carbocycles. The number of imidazole rings is 1. The summed E-state index contributed by atoms with van der Waals surface area (Å²) in [5.74, 6) is -3.16. The number of hydrogen-bond donors (Lipinski definition) is 2. The van der Waals surface area contributed by atoms with Crippen LogP contribution in [0.4, 0.5) is 27.9 Å². The lowest BCUT2D eigenvalue weighted by Gasteiger charge is -2.39. The first-order valence-electron chi connectivity index (χ1n) is 10.1. The van der Waals surface area contributed by atoms with Gasteiger partial charge in [-0.2, -0.15) is 13.2 Å². The van der Waals surface area contributed by atoms with Crippen molar-refractivity contribution in [1.82, 2.24) is 19.8 Å². The van der Waals surface area contributed by atoms with E-state index in [-0.39, 0.29) is 35.1 Å². The number of carbonyl (C=O) groups excluding carboxylic acids is 1. The fraction of sp³-hybridized carbons (Fsp3) is 0.318. The van der Waals surface area contributed by atoms with Gasteiger partial charge in [-0.05, 0) is 25.1 Å². The van der Waals surface area contributed by atoms with Crippen molar-refractivity contribution in [1.29, 1.82) is 5.41 Å². The zero-order chi connectivity index (χ0) is 25.2. The van der Waals surface area contributed by atoms with E-state index in [1.165, 1.54) is 51.2 Å². The van der Waals surface area contributed by atoms with Crippen molar-refractivity contribution in [3.8, 4) is 5.69 Å². The SMILES string of the molecule is CN1C(=N)N[C@](C)(c2cccc(-n3c(N(C)C)nc4ccc(F)c(C(F)(F)F)c43)c2F)CC1=O. The van der Waals surface area contributed by atoms with Gasteiger partial charge >= 0.3 is 6.18 Å². The number of guanidine groups is 1. The lowest BCUT2D eigenvalue weighted by Crippen LogP contribution is -2.58. The molecule has 180 valence electrons. The summed E-state index contributed by atoms with van der Waals surface area (Å²) >= 11 is 0. The Balaban J connectivity index is 2.03. The summed E-state index contributed by atoms with van der Waals surface area (Å²) in [7, 11) is 4.43. The van der Waals surface area contributed by atoms with Crippen molar-refractivity contribution >= 4 is 28.8 Å². The van der Waals surface area contributed by atoms with Crippen molar-refractivity contribution in [2.75, 3.05) is 26.0 Å². The minimum absolute atomic E-state index is 0.0345. The van der Waals surface area contributed by atoms with E-state index >= 15 is 4.39 Å². The highest BCUT2D eigenvalue weighted by molar-refractivity contribution is 5.99. The molecule has 1 aliphatic heterocycles. The lowest BCUT2D eigenvalue weighted by atomic mass is 9.86. The standard InChI is InChI=1S/C22H21F5N6O/c1-21(10-15(34)32(4)19(28)30-21)11-6-5-7-14(17(11)24)33-18-13(29-20(33)31(2)3)9-8-12(23)16(18)22(25,26)27/h5-9H,10H2,1-4H3,(H2,28,30)/t21-/m0/s1. The van der Waals surface area contributed by atoms with Crippen LogP contribution in [0.25, 0.3) is 16.7 Å². The number of benzene rings is 2. The van der Waals surface area contributed by atoms with Crippen LogP contribution in [0.2, 0.25) is 0 Å². The van der Waals surface area contributed by atoms with Crippen LogP contribution in [-0.2, 0) is 16.5 Å². The third-order valence-electron chi connectivity index (χ3n) is 5.86. The predicted molar refractivity (Wildman–Crippen MR) is 116 cm³/mol. The monoisotopic (exact) mass is 480 g/mol. The number of carbonyl (C=O) groups is 1. The number of hydrogen-bond acceptors (Lipinski definition) is 4. The average Bonchev–Trinajstić information content (AvgIpc) is 3.10. The van der Waals surface area contributed by atoms with Crippen LogP contribution in [0, 0.1) is 17.0 Å². The van der Waals surface area contributed by atoms with Gasteiger partial charge in [-0.3, -0.25) is 19.7 Å². The lowest BCUT2D eigenvalue weighted by molar-refractivity contribution is -0.138. The second kappa shape index (κ2) is 7.67. The molecule has 4 rings (SSSR count). The summed E-state index contributed by atoms with van der Waals surface area (Å²) in [6.45, 7) is 1.52. The third kappa shape index (κ3) is 3.53. The van der Waals surface area contributed by atoms with Gasteiger partial charge in [-0.1, -0.05) is 12.1 Å². The Bertz CT molecular complexity index is 1310. The maximum Gasteiger partial charge on any atom is 0.421 e. The van der Waals surface area contributed by atoms with E-state index in [0.29, 0.717) is 6.07 Å². The first-order valence-corrected chi connectivity index (χ1v) is 10.1. The number of anilines is 1. The normalized spacial score (nSPS) is 19.0. The highest BCUT2D eigenvalue weighted by Crippen LogP contribution is 2.41. The molecule has 3 aromatic rings. The van der Waals surface area contributed by atoms with Gasteiger partial charge in [0.25, 0.3) is 0 Å². The fourth-order valence-corrected chi connectivity index (χ4v) is 4.14. The molecule has 12 heteroatoms. The summed E-state index contributed by atoms with van der Waals surface area (Å²) in [6.07, 6.45) is -5.26. The molecule has 34 heavy (non-hydrogen) atoms. The summed E-state index contributed by atoms with van der Waals surface area (Å²) in [5.41, 5.74) is -4.03. The van der Waals surface area contributed by atoms with Crippen molar-refractivity contribution < 1.29 is 26.7 Å². The molecule has 0 unspecified atom stereocenters. The molecule has 2 N–H and O–H groups in total. The summed E-state index contributed by atoms with van der Waals surface area (Å²) in [5, 5.41) is 10.8. The third-order valence-corrected chi connectivity index (χ3v) is 5.86. The van der Waals surface area contributed by atoms with E-state index in [1.807, 2.05) is 0 Å². The van der Waals surface area contributed by atoms with Crippen molar-refractivity contribution in [3.05, 3.63) is 53.1 Å². The molecular weight excluding hydrogens is 459 g/mol. The van der Waals surface area contributed by atoms with Crippen LogP contribution in [0.1, 0.15) is 24.5 Å². The van der Waals surface area contributed by atoms with E-state index in [9.17, 15) is 22.4 Å². The molecule has 1 aliphatic rings. The van der Waals surface area contributed by atoms with Gasteiger partial charge in [0, 0.05) is 26.7 Å². The Kier molecular flexibility index (Phi) is 5.29. The topological polar surface area (TPSA) is 77.2 Å². The summed E-state index contributed by atoms with van der Waals surface area (Å²) in [6, 6.07) is 5.84. The number of rotatable bonds is 3. The van der Waals surface area contributed by atoms with Gasteiger partial charge in [0.05, 0.1) is 28.7 Å². The van der Waals surface area contributed by atoms with Crippen LogP contribution in [0.3, 0.4) is 0 Å². The molecule has 2 heterocycles. The van der Waals surface area contributed by atoms with Crippen molar-refractivity contribution in [2.24, 2.45) is 0 Å². The van der Waals surface area contributed by atoms with Crippen LogP contribution in [0.15, 0.2) is 30.3 Å². The largest absolute Gasteiger partial charge is 0.421 e. The Morgan fingerprint density at radius 1 is 1.18 bits per heavy atom. The Labute approximate surface area is 191 Å². The number of halogens is 5. The number of fused-ring (bicyclic) bond motifs is 1. The zero-order valence-corrected chi connectivity index (χ0v) is 18.7. The first kappa shape index (κ1) is 23.5. The van der Waals surface area contributed by atoms with E-state index in [1.54, 1.807) is 0 Å². The molecule has 0 saturated carbocycles. The molecular formula is C22H21F5N6O. The van der Waals surface area contributed by atoms with Crippen LogP contribution in [-0.4, -0.2) is 47.5 Å². The number of nitrogens with zero attached hydrogens (tertiary/aromatic N) is 4. The highest BCUT2D eigenvalue weighted by atomic mass is 19.4. The van der Waals surface area contributed by atoms with Crippen LogP contribution < -0.4 is 10.2 Å². The molecule has 1 amide bonds. The molecule has 1 saturated heterocycles. The molecule has 0 bridgehead atoms. The minimum atomic E-state index is -5.07. The fourth-order valence-electron chi connectivity index (χ4n) is 4.14. The zero-order valence-electron chi connectivity index (χ0n) is 18.7. The molecule has 0 spiro atoms. The number of aromatic nitrogens is 2. The maximum absolute atomic E-state index is 16.0. The van der Waals surface area contributed by atoms with Gasteiger partial charge in [0.2, 0.25) is 11.9 Å². The predicted octanol–water partition coefficient (Wildman–Crippen LogP) is 3.99. The van der Waals surface area contributed by atoms with Gasteiger partial charge in [-0.15, -0.1) is 0 Å². The Morgan fingerprint density at radius 3 is 2.44 bits per heavy atom. The average molecular weight is 480 g/mol. The molecule has 0 radical (unpaired) electrons. The highest BCUT2D eigenvalue weighted by Gasteiger charge is 2.42. The van der Waals surface area contributed by atoms with Gasteiger partial charge in [-0.25, -0.2) is 13.8 Å². The molecule has 1 atom stereocenters. The second-order valence-corrected chi connectivity index (χ2v) is 8.50. The Morgan fingerprint density at radius 2 is 1.85 bits per heavy atom. The molecule has 1 fully saturated rings. The number of nitrogens with one attached hydrogen (secondary N) is 2. The summed E-state index contributed by atoms with van der Waals surface area (Å²) in [4.78, 5) is 19.0. The smallest absolute Gasteiger partial charge is 0.348 e. The van der Waals surface area contributed by atoms with E-state index in [0.717, 1.165) is 15.5 Å². The van der Waals surface area contributed by atoms with Crippen LogP contribution in [0.5, 0.6) is 0 Å². The van der Waals surface area contributed by atoms with Gasteiger partial charge in [0.1, 0.15) is 11.4 Å². The summed E-state index contributed by atoms with van der Waals surface area (Å²) < 4.78 is 73.0. The molecule has 2 aromatic carbocycles.